The molecule has 0 aromatic heterocycles. The summed E-state index contributed by atoms with van der Waals surface area (Å²) in [5, 5.41) is 15.3. The third-order valence-electron chi connectivity index (χ3n) is 3.77. The van der Waals surface area contributed by atoms with Gasteiger partial charge in [-0.1, -0.05) is 29.2 Å². The molecule has 108 valence electrons. The maximum atomic E-state index is 12.3. The number of amidine groups is 1. The van der Waals surface area contributed by atoms with E-state index in [1.165, 1.54) is 0 Å². The second kappa shape index (κ2) is 6.13. The van der Waals surface area contributed by atoms with Gasteiger partial charge in [0, 0.05) is 22.5 Å². The molecule has 4 N–H and O–H groups in total. The minimum Gasteiger partial charge on any atom is -0.409 e. The number of benzene rings is 1. The van der Waals surface area contributed by atoms with Crippen molar-refractivity contribution in [3.8, 4) is 0 Å². The molecule has 0 bridgehead atoms. The topological polar surface area (TPSA) is 87.7 Å². The Bertz CT molecular complexity index is 545. The van der Waals surface area contributed by atoms with Crippen LogP contribution in [-0.2, 0) is 0 Å². The Labute approximate surface area is 122 Å². The zero-order valence-electron chi connectivity index (χ0n) is 11.3. The summed E-state index contributed by atoms with van der Waals surface area (Å²) < 4.78 is 0. The Morgan fingerprint density at radius 1 is 1.50 bits per heavy atom. The van der Waals surface area contributed by atoms with E-state index in [2.05, 4.69) is 10.5 Å². The summed E-state index contributed by atoms with van der Waals surface area (Å²) in [5.74, 6) is -0.105. The SMILES string of the molecule is Cc1ccc(Cl)cc1C(=O)NC1CCCC1/C(N)=N/O. The predicted molar refractivity (Wildman–Crippen MR) is 78.2 cm³/mol. The minimum absolute atomic E-state index is 0.100. The highest BCUT2D eigenvalue weighted by Crippen LogP contribution is 2.26. The van der Waals surface area contributed by atoms with E-state index in [1.807, 2.05) is 13.0 Å². The van der Waals surface area contributed by atoms with Gasteiger partial charge in [-0.2, -0.15) is 0 Å². The fraction of sp³-hybridized carbons (Fsp3) is 0.429. The average molecular weight is 296 g/mol. The number of aryl methyl sites for hydroxylation is 1. The van der Waals surface area contributed by atoms with Crippen molar-refractivity contribution in [2.45, 2.75) is 32.2 Å². The first-order chi connectivity index (χ1) is 9.52. The van der Waals surface area contributed by atoms with E-state index in [-0.39, 0.29) is 23.7 Å². The third-order valence-corrected chi connectivity index (χ3v) is 4.01. The van der Waals surface area contributed by atoms with Gasteiger partial charge < -0.3 is 16.3 Å². The zero-order valence-corrected chi connectivity index (χ0v) is 12.0. The summed E-state index contributed by atoms with van der Waals surface area (Å²) >= 11 is 5.93. The van der Waals surface area contributed by atoms with Crippen molar-refractivity contribution in [3.63, 3.8) is 0 Å². The number of nitrogens with two attached hydrogens (primary N) is 1. The zero-order chi connectivity index (χ0) is 14.7. The van der Waals surface area contributed by atoms with Crippen molar-refractivity contribution in [1.29, 1.82) is 0 Å². The van der Waals surface area contributed by atoms with Gasteiger partial charge in [-0.25, -0.2) is 0 Å². The van der Waals surface area contributed by atoms with Gasteiger partial charge in [-0.05, 0) is 37.5 Å². The molecule has 6 heteroatoms. The van der Waals surface area contributed by atoms with Crippen LogP contribution >= 0.6 is 11.6 Å². The van der Waals surface area contributed by atoms with Crippen LogP contribution in [0.1, 0.15) is 35.2 Å². The van der Waals surface area contributed by atoms with Crippen LogP contribution in [-0.4, -0.2) is 23.0 Å². The smallest absolute Gasteiger partial charge is 0.251 e. The molecule has 0 heterocycles. The second-order valence-electron chi connectivity index (χ2n) is 5.10. The van der Waals surface area contributed by atoms with Crippen LogP contribution in [0.2, 0.25) is 5.02 Å². The maximum absolute atomic E-state index is 12.3. The van der Waals surface area contributed by atoms with Crippen molar-refractivity contribution < 1.29 is 10.0 Å². The normalized spacial score (nSPS) is 22.8. The standard InChI is InChI=1S/C14H18ClN3O2/c1-8-5-6-9(15)7-11(8)14(19)17-12-4-2-3-10(12)13(16)18-20/h5-7,10,12,20H,2-4H2,1H3,(H2,16,18)(H,17,19). The number of hydrogen-bond donors (Lipinski definition) is 3. The fourth-order valence-electron chi connectivity index (χ4n) is 2.65. The van der Waals surface area contributed by atoms with E-state index in [9.17, 15) is 4.79 Å². The van der Waals surface area contributed by atoms with Crippen molar-refractivity contribution in [3.05, 3.63) is 34.3 Å². The number of hydrogen-bond acceptors (Lipinski definition) is 3. The molecule has 2 rings (SSSR count). The summed E-state index contributed by atoms with van der Waals surface area (Å²) in [5.41, 5.74) is 7.09. The number of amides is 1. The highest BCUT2D eigenvalue weighted by Gasteiger charge is 2.32. The highest BCUT2D eigenvalue weighted by atomic mass is 35.5. The van der Waals surface area contributed by atoms with Crippen LogP contribution in [0.5, 0.6) is 0 Å². The number of nitrogens with one attached hydrogen (secondary N) is 1. The number of carbonyl (C=O) groups is 1. The molecule has 20 heavy (non-hydrogen) atoms. The Balaban J connectivity index is 2.13. The summed E-state index contributed by atoms with van der Waals surface area (Å²) in [6, 6.07) is 5.12. The molecule has 1 fully saturated rings. The largest absolute Gasteiger partial charge is 0.409 e. The van der Waals surface area contributed by atoms with Crippen molar-refractivity contribution >= 4 is 23.3 Å². The molecule has 1 amide bonds. The molecule has 0 spiro atoms. The molecular formula is C14H18ClN3O2. The summed E-state index contributed by atoms with van der Waals surface area (Å²) in [7, 11) is 0. The van der Waals surface area contributed by atoms with Crippen molar-refractivity contribution in [2.24, 2.45) is 16.8 Å². The molecule has 0 saturated heterocycles. The molecule has 2 unspecified atom stereocenters. The van der Waals surface area contributed by atoms with Gasteiger partial charge in [0.15, 0.2) is 0 Å². The van der Waals surface area contributed by atoms with E-state index in [4.69, 9.17) is 22.5 Å². The Hall–Kier alpha value is -1.75. The average Bonchev–Trinajstić information content (AvgIpc) is 2.88. The van der Waals surface area contributed by atoms with E-state index in [0.29, 0.717) is 10.6 Å². The molecule has 1 aromatic rings. The van der Waals surface area contributed by atoms with Gasteiger partial charge >= 0.3 is 0 Å². The number of nitrogens with zero attached hydrogens (tertiary/aromatic N) is 1. The highest BCUT2D eigenvalue weighted by molar-refractivity contribution is 6.31. The monoisotopic (exact) mass is 295 g/mol. The molecule has 1 saturated carbocycles. The minimum atomic E-state index is -0.173. The van der Waals surface area contributed by atoms with Crippen LogP contribution < -0.4 is 11.1 Å². The van der Waals surface area contributed by atoms with Gasteiger partial charge in [0.1, 0.15) is 5.84 Å². The van der Waals surface area contributed by atoms with Crippen molar-refractivity contribution in [2.75, 3.05) is 0 Å². The van der Waals surface area contributed by atoms with Crippen molar-refractivity contribution in [1.82, 2.24) is 5.32 Å². The van der Waals surface area contributed by atoms with Crippen LogP contribution in [0.15, 0.2) is 23.4 Å². The number of carbonyl (C=O) groups excluding carboxylic acids is 1. The van der Waals surface area contributed by atoms with E-state index in [1.54, 1.807) is 12.1 Å². The predicted octanol–water partition coefficient (Wildman–Crippen LogP) is 2.29. The summed E-state index contributed by atoms with van der Waals surface area (Å²) in [4.78, 5) is 12.3. The third kappa shape index (κ3) is 3.04. The number of oxime groups is 1. The lowest BCUT2D eigenvalue weighted by Gasteiger charge is -2.20. The summed E-state index contributed by atoms with van der Waals surface area (Å²) in [6.07, 6.45) is 2.59. The summed E-state index contributed by atoms with van der Waals surface area (Å²) in [6.45, 7) is 1.86. The lowest BCUT2D eigenvalue weighted by Crippen LogP contribution is -2.42. The van der Waals surface area contributed by atoms with Gasteiger partial charge in [0.05, 0.1) is 0 Å². The molecule has 0 radical (unpaired) electrons. The lowest BCUT2D eigenvalue weighted by molar-refractivity contribution is 0.0932. The van der Waals surface area contributed by atoms with E-state index < -0.39 is 0 Å². The second-order valence-corrected chi connectivity index (χ2v) is 5.54. The quantitative estimate of drug-likeness (QED) is 0.346. The molecule has 1 aliphatic rings. The van der Waals surface area contributed by atoms with Crippen LogP contribution in [0, 0.1) is 12.8 Å². The Morgan fingerprint density at radius 3 is 2.95 bits per heavy atom. The van der Waals surface area contributed by atoms with Gasteiger partial charge in [-0.3, -0.25) is 4.79 Å². The first-order valence-electron chi connectivity index (χ1n) is 6.57. The number of halogens is 1. The van der Waals surface area contributed by atoms with Crippen LogP contribution in [0.25, 0.3) is 0 Å². The molecule has 0 aliphatic heterocycles. The van der Waals surface area contributed by atoms with Crippen LogP contribution in [0.3, 0.4) is 0 Å². The van der Waals surface area contributed by atoms with Crippen LogP contribution in [0.4, 0.5) is 0 Å². The Kier molecular flexibility index (Phi) is 4.49. The van der Waals surface area contributed by atoms with E-state index >= 15 is 0 Å². The first kappa shape index (κ1) is 14.7. The number of rotatable bonds is 3. The Morgan fingerprint density at radius 2 is 2.25 bits per heavy atom. The lowest BCUT2D eigenvalue weighted by atomic mass is 10.0. The molecule has 1 aromatic carbocycles. The van der Waals surface area contributed by atoms with Gasteiger partial charge in [0.25, 0.3) is 5.91 Å². The molecule has 1 aliphatic carbocycles. The van der Waals surface area contributed by atoms with E-state index in [0.717, 1.165) is 24.8 Å². The molecule has 5 nitrogen and oxygen atoms in total. The maximum Gasteiger partial charge on any atom is 0.251 e. The first-order valence-corrected chi connectivity index (χ1v) is 6.95. The molecular weight excluding hydrogens is 278 g/mol. The van der Waals surface area contributed by atoms with Gasteiger partial charge in [-0.15, -0.1) is 0 Å². The molecule has 2 atom stereocenters. The van der Waals surface area contributed by atoms with Gasteiger partial charge in [0.2, 0.25) is 0 Å². The fourth-order valence-corrected chi connectivity index (χ4v) is 2.82.